The highest BCUT2D eigenvalue weighted by atomic mass is 79.9. The number of esters is 1. The Hall–Kier alpha value is -0.380. The normalized spacial score (nSPS) is 9.50. The van der Waals surface area contributed by atoms with Crippen LogP contribution in [0.4, 0.5) is 0 Å². The number of carbonyl (C=O) groups is 2. The maximum Gasteiger partial charge on any atom is 0.374 e. The number of halogens is 1. The highest BCUT2D eigenvalue weighted by Crippen LogP contribution is 1.94. The van der Waals surface area contributed by atoms with Crippen LogP contribution in [0.1, 0.15) is 26.2 Å². The van der Waals surface area contributed by atoms with E-state index >= 15 is 0 Å². The van der Waals surface area contributed by atoms with Crippen LogP contribution in [0.25, 0.3) is 0 Å². The van der Waals surface area contributed by atoms with Crippen LogP contribution in [-0.4, -0.2) is 23.7 Å². The second-order valence-corrected chi connectivity index (χ2v) is 3.14. The molecule has 0 saturated heterocycles. The first kappa shape index (κ1) is 11.6. The van der Waals surface area contributed by atoms with Crippen molar-refractivity contribution in [2.75, 3.05) is 11.9 Å². The van der Waals surface area contributed by atoms with Crippen molar-refractivity contribution in [3.8, 4) is 0 Å². The Balaban J connectivity index is 3.50. The van der Waals surface area contributed by atoms with Crippen molar-refractivity contribution in [1.29, 1.82) is 0 Å². The Morgan fingerprint density at radius 2 is 2.08 bits per heavy atom. The summed E-state index contributed by atoms with van der Waals surface area (Å²) in [4.78, 5) is 21.6. The van der Waals surface area contributed by atoms with Crippen LogP contribution in [0.3, 0.4) is 0 Å². The monoisotopic (exact) mass is 236 g/mol. The highest BCUT2D eigenvalue weighted by molar-refractivity contribution is 9.09. The fourth-order valence-electron chi connectivity index (χ4n) is 0.578. The van der Waals surface area contributed by atoms with Crippen molar-refractivity contribution in [2.24, 2.45) is 0 Å². The number of rotatable bonds is 6. The molecule has 0 amide bonds. The number of hydrogen-bond acceptors (Lipinski definition) is 3. The zero-order valence-electron chi connectivity index (χ0n) is 7.14. The standard InChI is InChI=1S/C8H13BrO3/c1-2-3-6-12-8(11)7(10)4-5-9/h2-6H2,1H3. The Bertz CT molecular complexity index is 156. The molecule has 0 aromatic rings. The fraction of sp³-hybridized carbons (Fsp3) is 0.750. The van der Waals surface area contributed by atoms with E-state index in [0.717, 1.165) is 12.8 Å². The molecule has 0 heterocycles. The van der Waals surface area contributed by atoms with E-state index in [1.54, 1.807) is 0 Å². The molecule has 0 radical (unpaired) electrons. The number of carbonyl (C=O) groups excluding carboxylic acids is 2. The first-order valence-electron chi connectivity index (χ1n) is 3.98. The van der Waals surface area contributed by atoms with Crippen LogP contribution >= 0.6 is 15.9 Å². The number of hydrogen-bond donors (Lipinski definition) is 0. The van der Waals surface area contributed by atoms with E-state index in [2.05, 4.69) is 20.7 Å². The molecule has 0 aromatic heterocycles. The summed E-state index contributed by atoms with van der Waals surface area (Å²) >= 11 is 3.07. The number of unbranched alkanes of at least 4 members (excludes halogenated alkanes) is 1. The zero-order chi connectivity index (χ0) is 9.40. The van der Waals surface area contributed by atoms with Crippen LogP contribution in [0.5, 0.6) is 0 Å². The van der Waals surface area contributed by atoms with Gasteiger partial charge in [-0.2, -0.15) is 0 Å². The van der Waals surface area contributed by atoms with E-state index in [1.165, 1.54) is 0 Å². The molecule has 0 atom stereocenters. The summed E-state index contributed by atoms with van der Waals surface area (Å²) in [6.45, 7) is 2.34. The summed E-state index contributed by atoms with van der Waals surface area (Å²) in [7, 11) is 0. The molecule has 0 saturated carbocycles. The molecule has 0 unspecified atom stereocenters. The molecule has 0 aromatic carbocycles. The van der Waals surface area contributed by atoms with E-state index in [-0.39, 0.29) is 6.42 Å². The minimum Gasteiger partial charge on any atom is -0.460 e. The molecule has 0 N–H and O–H groups in total. The molecule has 0 aliphatic heterocycles. The quantitative estimate of drug-likeness (QED) is 0.305. The number of ether oxygens (including phenoxy) is 1. The third kappa shape index (κ3) is 5.29. The van der Waals surface area contributed by atoms with Gasteiger partial charge in [-0.3, -0.25) is 4.79 Å². The zero-order valence-corrected chi connectivity index (χ0v) is 8.72. The smallest absolute Gasteiger partial charge is 0.374 e. The van der Waals surface area contributed by atoms with E-state index in [0.29, 0.717) is 11.9 Å². The Kier molecular flexibility index (Phi) is 7.05. The lowest BCUT2D eigenvalue weighted by molar-refractivity contribution is -0.153. The van der Waals surface area contributed by atoms with E-state index in [1.807, 2.05) is 6.92 Å². The molecule has 12 heavy (non-hydrogen) atoms. The second-order valence-electron chi connectivity index (χ2n) is 2.35. The van der Waals surface area contributed by atoms with Crippen LogP contribution < -0.4 is 0 Å². The van der Waals surface area contributed by atoms with Crippen molar-refractivity contribution in [3.05, 3.63) is 0 Å². The molecule has 0 aliphatic carbocycles. The summed E-state index contributed by atoms with van der Waals surface area (Å²) in [5.74, 6) is -1.16. The minimum atomic E-state index is -0.706. The summed E-state index contributed by atoms with van der Waals surface area (Å²) in [6, 6.07) is 0. The molecular formula is C8H13BrO3. The maximum absolute atomic E-state index is 10.8. The molecular weight excluding hydrogens is 224 g/mol. The summed E-state index contributed by atoms with van der Waals surface area (Å²) in [5.41, 5.74) is 0. The highest BCUT2D eigenvalue weighted by Gasteiger charge is 2.13. The summed E-state index contributed by atoms with van der Waals surface area (Å²) in [6.07, 6.45) is 1.98. The average Bonchev–Trinajstić information content (AvgIpc) is 2.05. The summed E-state index contributed by atoms with van der Waals surface area (Å²) < 4.78 is 4.69. The Morgan fingerprint density at radius 1 is 1.42 bits per heavy atom. The molecule has 0 fully saturated rings. The van der Waals surface area contributed by atoms with Crippen LogP contribution in [0, 0.1) is 0 Å². The van der Waals surface area contributed by atoms with Gasteiger partial charge in [-0.1, -0.05) is 29.3 Å². The molecule has 0 bridgehead atoms. The van der Waals surface area contributed by atoms with Gasteiger partial charge >= 0.3 is 5.97 Å². The number of ketones is 1. The van der Waals surface area contributed by atoms with Crippen LogP contribution in [0.15, 0.2) is 0 Å². The van der Waals surface area contributed by atoms with Gasteiger partial charge in [0.05, 0.1) is 6.61 Å². The second kappa shape index (κ2) is 7.28. The van der Waals surface area contributed by atoms with Gasteiger partial charge in [-0.25, -0.2) is 4.79 Å². The predicted octanol–water partition coefficient (Wildman–Crippen LogP) is 1.68. The van der Waals surface area contributed by atoms with Crippen molar-refractivity contribution < 1.29 is 14.3 Å². The van der Waals surface area contributed by atoms with Gasteiger partial charge in [0.2, 0.25) is 5.78 Å². The largest absolute Gasteiger partial charge is 0.460 e. The van der Waals surface area contributed by atoms with Crippen molar-refractivity contribution in [2.45, 2.75) is 26.2 Å². The van der Waals surface area contributed by atoms with Crippen molar-refractivity contribution in [3.63, 3.8) is 0 Å². The van der Waals surface area contributed by atoms with Gasteiger partial charge < -0.3 is 4.74 Å². The lowest BCUT2D eigenvalue weighted by Crippen LogP contribution is -2.18. The molecule has 70 valence electrons. The van der Waals surface area contributed by atoms with Gasteiger partial charge in [0, 0.05) is 11.8 Å². The van der Waals surface area contributed by atoms with E-state index < -0.39 is 11.8 Å². The minimum absolute atomic E-state index is 0.213. The van der Waals surface area contributed by atoms with Gasteiger partial charge in [-0.05, 0) is 6.42 Å². The van der Waals surface area contributed by atoms with Gasteiger partial charge in [0.15, 0.2) is 0 Å². The Morgan fingerprint density at radius 3 is 2.58 bits per heavy atom. The first-order valence-corrected chi connectivity index (χ1v) is 5.10. The topological polar surface area (TPSA) is 43.4 Å². The lowest BCUT2D eigenvalue weighted by Gasteiger charge is -2.00. The third-order valence-corrected chi connectivity index (χ3v) is 1.68. The molecule has 3 nitrogen and oxygen atoms in total. The molecule has 0 aliphatic rings. The number of alkyl halides is 1. The van der Waals surface area contributed by atoms with Crippen LogP contribution in [-0.2, 0) is 14.3 Å². The van der Waals surface area contributed by atoms with Crippen LogP contribution in [0.2, 0.25) is 0 Å². The van der Waals surface area contributed by atoms with Crippen molar-refractivity contribution in [1.82, 2.24) is 0 Å². The lowest BCUT2D eigenvalue weighted by atomic mass is 10.3. The molecule has 0 rings (SSSR count). The van der Waals surface area contributed by atoms with Gasteiger partial charge in [0.1, 0.15) is 0 Å². The third-order valence-electron chi connectivity index (χ3n) is 1.28. The molecule has 4 heteroatoms. The predicted molar refractivity (Wildman–Crippen MR) is 49.3 cm³/mol. The average molecular weight is 237 g/mol. The number of Topliss-reactive ketones (excluding diaryl/α,β-unsaturated/α-hetero) is 1. The van der Waals surface area contributed by atoms with Crippen molar-refractivity contribution >= 4 is 27.7 Å². The maximum atomic E-state index is 10.8. The van der Waals surface area contributed by atoms with E-state index in [4.69, 9.17) is 0 Å². The van der Waals surface area contributed by atoms with E-state index in [9.17, 15) is 9.59 Å². The molecule has 0 spiro atoms. The Labute approximate surface area is 80.6 Å². The fourth-order valence-corrected chi connectivity index (χ4v) is 0.938. The van der Waals surface area contributed by atoms with Gasteiger partial charge in [-0.15, -0.1) is 0 Å². The summed E-state index contributed by atoms with van der Waals surface area (Å²) in [5, 5.41) is 0.509. The SMILES string of the molecule is CCCCOC(=O)C(=O)CCBr. The first-order chi connectivity index (χ1) is 5.72. The van der Waals surface area contributed by atoms with Gasteiger partial charge in [0.25, 0.3) is 0 Å².